The third-order valence-corrected chi connectivity index (χ3v) is 5.09. The summed E-state index contributed by atoms with van der Waals surface area (Å²) in [5, 5.41) is 10.1. The molecule has 3 unspecified atom stereocenters. The van der Waals surface area contributed by atoms with Crippen LogP contribution in [0.25, 0.3) is 0 Å². The standard InChI is InChI=1S/C27H54N6O3/c1-16(2)13-34-22(19(7)8)28-25-31-26(29-23(20(9)10)35-14-17(3)4)33-27(32-25)30-24(21(11)12)36-15-18(5)6/h16-24H,13-15H2,1-12H3,(H3,28,29,30,31,32,33). The minimum absolute atomic E-state index is 0.226. The van der Waals surface area contributed by atoms with Crippen molar-refractivity contribution in [3.05, 3.63) is 0 Å². The summed E-state index contributed by atoms with van der Waals surface area (Å²) in [4.78, 5) is 14.0. The zero-order valence-electron chi connectivity index (χ0n) is 24.9. The molecule has 0 bridgehead atoms. The van der Waals surface area contributed by atoms with Gasteiger partial charge in [-0.1, -0.05) is 83.1 Å². The maximum atomic E-state index is 6.12. The molecule has 9 nitrogen and oxygen atoms in total. The molecule has 0 spiro atoms. The number of nitrogens with one attached hydrogen (secondary N) is 3. The Hall–Kier alpha value is -1.71. The van der Waals surface area contributed by atoms with E-state index in [2.05, 4.69) is 114 Å². The molecule has 0 aliphatic heterocycles. The van der Waals surface area contributed by atoms with Gasteiger partial charge in [0, 0.05) is 0 Å². The van der Waals surface area contributed by atoms with Gasteiger partial charge in [0.15, 0.2) is 0 Å². The fourth-order valence-corrected chi connectivity index (χ4v) is 3.04. The molecule has 0 fully saturated rings. The maximum Gasteiger partial charge on any atom is 0.231 e. The molecule has 9 heteroatoms. The molecule has 0 aromatic carbocycles. The highest BCUT2D eigenvalue weighted by Crippen LogP contribution is 2.19. The lowest BCUT2D eigenvalue weighted by atomic mass is 10.2. The lowest BCUT2D eigenvalue weighted by Crippen LogP contribution is -2.34. The second-order valence-corrected chi connectivity index (χ2v) is 11.9. The minimum atomic E-state index is -0.230. The SMILES string of the molecule is CC(C)COC(Nc1nc(NC(OCC(C)C)C(C)C)nc(NC(OCC(C)C)C(C)C)n1)C(C)C. The molecule has 0 saturated heterocycles. The van der Waals surface area contributed by atoms with Gasteiger partial charge in [-0.25, -0.2) is 0 Å². The Labute approximate surface area is 220 Å². The van der Waals surface area contributed by atoms with Crippen molar-refractivity contribution in [2.24, 2.45) is 35.5 Å². The van der Waals surface area contributed by atoms with Gasteiger partial charge in [-0.2, -0.15) is 15.0 Å². The first-order valence-corrected chi connectivity index (χ1v) is 13.7. The third-order valence-electron chi connectivity index (χ3n) is 5.09. The average molecular weight is 511 g/mol. The number of hydrogen-bond acceptors (Lipinski definition) is 9. The zero-order chi connectivity index (χ0) is 27.4. The molecule has 1 aromatic rings. The van der Waals surface area contributed by atoms with E-state index in [1.807, 2.05) is 0 Å². The van der Waals surface area contributed by atoms with Gasteiger partial charge in [0.05, 0.1) is 19.8 Å². The van der Waals surface area contributed by atoms with Crippen LogP contribution in [0.2, 0.25) is 0 Å². The number of anilines is 3. The molecule has 1 heterocycles. The van der Waals surface area contributed by atoms with E-state index in [-0.39, 0.29) is 36.4 Å². The normalized spacial score (nSPS) is 14.8. The molecule has 0 radical (unpaired) electrons. The first-order valence-electron chi connectivity index (χ1n) is 13.7. The van der Waals surface area contributed by atoms with Gasteiger partial charge in [-0.3, -0.25) is 0 Å². The fraction of sp³-hybridized carbons (Fsp3) is 0.889. The second-order valence-electron chi connectivity index (χ2n) is 11.9. The van der Waals surface area contributed by atoms with Crippen LogP contribution >= 0.6 is 0 Å². The van der Waals surface area contributed by atoms with Gasteiger partial charge in [-0.15, -0.1) is 0 Å². The Morgan fingerprint density at radius 2 is 0.667 bits per heavy atom. The number of nitrogens with zero attached hydrogens (tertiary/aromatic N) is 3. The van der Waals surface area contributed by atoms with Crippen molar-refractivity contribution in [1.29, 1.82) is 0 Å². The lowest BCUT2D eigenvalue weighted by Gasteiger charge is -2.27. The first-order chi connectivity index (χ1) is 16.8. The minimum Gasteiger partial charge on any atom is -0.358 e. The summed E-state index contributed by atoms with van der Waals surface area (Å²) in [6, 6.07) is 0. The Kier molecular flexibility index (Phi) is 14.5. The highest BCUT2D eigenvalue weighted by Gasteiger charge is 2.22. The van der Waals surface area contributed by atoms with E-state index in [1.54, 1.807) is 0 Å². The summed E-state index contributed by atoms with van der Waals surface area (Å²) >= 11 is 0. The molecule has 0 aliphatic rings. The van der Waals surface area contributed by atoms with E-state index in [0.29, 0.717) is 55.4 Å². The van der Waals surface area contributed by atoms with Crippen LogP contribution in [0.3, 0.4) is 0 Å². The van der Waals surface area contributed by atoms with E-state index in [9.17, 15) is 0 Å². The second kappa shape index (κ2) is 16.2. The molecule has 0 saturated carbocycles. The molecule has 1 aromatic heterocycles. The van der Waals surface area contributed by atoms with Crippen molar-refractivity contribution in [1.82, 2.24) is 15.0 Å². The maximum absolute atomic E-state index is 6.12. The predicted octanol–water partition coefficient (Wildman–Crippen LogP) is 6.07. The van der Waals surface area contributed by atoms with Gasteiger partial charge >= 0.3 is 0 Å². The van der Waals surface area contributed by atoms with Crippen LogP contribution in [0.15, 0.2) is 0 Å². The van der Waals surface area contributed by atoms with Crippen LogP contribution in [0.5, 0.6) is 0 Å². The van der Waals surface area contributed by atoms with E-state index >= 15 is 0 Å². The van der Waals surface area contributed by atoms with Gasteiger partial charge < -0.3 is 30.2 Å². The van der Waals surface area contributed by atoms with Crippen LogP contribution in [0.1, 0.15) is 83.1 Å². The van der Waals surface area contributed by atoms with Crippen molar-refractivity contribution in [2.45, 2.75) is 102 Å². The number of hydrogen-bond donors (Lipinski definition) is 3. The van der Waals surface area contributed by atoms with E-state index < -0.39 is 0 Å². The quantitative estimate of drug-likeness (QED) is 0.203. The van der Waals surface area contributed by atoms with Gasteiger partial charge in [-0.05, 0) is 35.5 Å². The Bertz CT molecular complexity index is 620. The Morgan fingerprint density at radius 3 is 0.833 bits per heavy atom. The molecule has 0 aliphatic carbocycles. The average Bonchev–Trinajstić information content (AvgIpc) is 2.75. The van der Waals surface area contributed by atoms with Crippen LogP contribution in [0.4, 0.5) is 17.8 Å². The zero-order valence-corrected chi connectivity index (χ0v) is 24.9. The highest BCUT2D eigenvalue weighted by atomic mass is 16.5. The van der Waals surface area contributed by atoms with Crippen molar-refractivity contribution < 1.29 is 14.2 Å². The molecule has 0 amide bonds. The van der Waals surface area contributed by atoms with Gasteiger partial charge in [0.25, 0.3) is 0 Å². The smallest absolute Gasteiger partial charge is 0.231 e. The number of aromatic nitrogens is 3. The van der Waals surface area contributed by atoms with E-state index in [4.69, 9.17) is 14.2 Å². The van der Waals surface area contributed by atoms with E-state index in [0.717, 1.165) is 0 Å². The van der Waals surface area contributed by atoms with E-state index in [1.165, 1.54) is 0 Å². The number of ether oxygens (including phenoxy) is 3. The van der Waals surface area contributed by atoms with Gasteiger partial charge in [0.1, 0.15) is 18.7 Å². The Morgan fingerprint density at radius 1 is 0.444 bits per heavy atom. The molecule has 3 atom stereocenters. The number of rotatable bonds is 18. The van der Waals surface area contributed by atoms with Crippen LogP contribution in [-0.4, -0.2) is 53.5 Å². The van der Waals surface area contributed by atoms with Crippen molar-refractivity contribution in [2.75, 3.05) is 35.8 Å². The summed E-state index contributed by atoms with van der Waals surface area (Å²) in [6.45, 7) is 27.4. The summed E-state index contributed by atoms with van der Waals surface area (Å²) in [7, 11) is 0. The topological polar surface area (TPSA) is 102 Å². The summed E-state index contributed by atoms with van der Waals surface area (Å²) in [5.74, 6) is 3.28. The summed E-state index contributed by atoms with van der Waals surface area (Å²) in [5.41, 5.74) is 0. The lowest BCUT2D eigenvalue weighted by molar-refractivity contribution is 0.0240. The first kappa shape index (κ1) is 32.3. The molecular formula is C27H54N6O3. The molecular weight excluding hydrogens is 456 g/mol. The highest BCUT2D eigenvalue weighted by molar-refractivity contribution is 5.43. The van der Waals surface area contributed by atoms with Crippen molar-refractivity contribution >= 4 is 17.8 Å². The van der Waals surface area contributed by atoms with Crippen molar-refractivity contribution in [3.63, 3.8) is 0 Å². The summed E-state index contributed by atoms with van der Waals surface area (Å²) in [6.07, 6.45) is -0.690. The Balaban J connectivity index is 3.26. The summed E-state index contributed by atoms with van der Waals surface area (Å²) < 4.78 is 18.3. The monoisotopic (exact) mass is 510 g/mol. The molecule has 210 valence electrons. The van der Waals surface area contributed by atoms with Crippen LogP contribution in [-0.2, 0) is 14.2 Å². The van der Waals surface area contributed by atoms with Crippen LogP contribution < -0.4 is 16.0 Å². The molecule has 3 N–H and O–H groups in total. The van der Waals surface area contributed by atoms with Crippen LogP contribution in [0, 0.1) is 35.5 Å². The predicted molar refractivity (Wildman–Crippen MR) is 149 cm³/mol. The molecule has 36 heavy (non-hydrogen) atoms. The fourth-order valence-electron chi connectivity index (χ4n) is 3.04. The van der Waals surface area contributed by atoms with Gasteiger partial charge in [0.2, 0.25) is 17.8 Å². The third kappa shape index (κ3) is 13.0. The molecule has 1 rings (SSSR count). The van der Waals surface area contributed by atoms with Crippen molar-refractivity contribution in [3.8, 4) is 0 Å². The largest absolute Gasteiger partial charge is 0.358 e.